The predicted octanol–water partition coefficient (Wildman–Crippen LogP) is 2.26. The van der Waals surface area contributed by atoms with Crippen LogP contribution in [0.4, 0.5) is 0 Å². The van der Waals surface area contributed by atoms with E-state index in [9.17, 15) is 4.79 Å². The summed E-state index contributed by atoms with van der Waals surface area (Å²) in [6.07, 6.45) is 1.83. The summed E-state index contributed by atoms with van der Waals surface area (Å²) >= 11 is 6.02. The first-order chi connectivity index (χ1) is 8.08. The molecule has 4 nitrogen and oxygen atoms in total. The van der Waals surface area contributed by atoms with Crippen molar-refractivity contribution < 1.29 is 4.79 Å². The molecule has 0 aromatic carbocycles. The predicted molar refractivity (Wildman–Crippen MR) is 66.9 cm³/mol. The van der Waals surface area contributed by atoms with Crippen molar-refractivity contribution in [2.24, 2.45) is 5.92 Å². The van der Waals surface area contributed by atoms with Gasteiger partial charge in [0.05, 0.1) is 12.2 Å². The number of carbonyl (C=O) groups excluding carboxylic acids is 1. The van der Waals surface area contributed by atoms with Crippen LogP contribution >= 0.6 is 11.6 Å². The summed E-state index contributed by atoms with van der Waals surface area (Å²) in [4.78, 5) is 15.8. The molecular weight excluding hydrogens is 238 g/mol. The molecule has 1 N–H and O–H groups in total. The maximum Gasteiger partial charge on any atom is 0.222 e. The second-order valence-electron chi connectivity index (χ2n) is 4.18. The average Bonchev–Trinajstić information content (AvgIpc) is 2.70. The van der Waals surface area contributed by atoms with E-state index in [-0.39, 0.29) is 11.8 Å². The minimum Gasteiger partial charge on any atom is -0.350 e. The molecule has 0 saturated heterocycles. The zero-order valence-corrected chi connectivity index (χ0v) is 10.5. The van der Waals surface area contributed by atoms with Crippen LogP contribution in [-0.2, 0) is 11.3 Å². The van der Waals surface area contributed by atoms with Crippen LogP contribution in [0.2, 0.25) is 5.15 Å². The molecule has 0 aliphatic carbocycles. The number of rotatable bonds is 3. The number of fused-ring (bicyclic) bond motifs is 1. The summed E-state index contributed by atoms with van der Waals surface area (Å²) in [6, 6.07) is 5.52. The third kappa shape index (κ3) is 2.58. The lowest BCUT2D eigenvalue weighted by molar-refractivity contribution is -0.124. The van der Waals surface area contributed by atoms with Crippen molar-refractivity contribution in [3.63, 3.8) is 0 Å². The quantitative estimate of drug-likeness (QED) is 0.851. The van der Waals surface area contributed by atoms with Gasteiger partial charge in [-0.15, -0.1) is 0 Å². The van der Waals surface area contributed by atoms with E-state index in [1.54, 1.807) is 10.5 Å². The van der Waals surface area contributed by atoms with Crippen molar-refractivity contribution in [3.8, 4) is 0 Å². The molecule has 0 fully saturated rings. The molecule has 0 radical (unpaired) electrons. The van der Waals surface area contributed by atoms with Gasteiger partial charge < -0.3 is 5.32 Å². The van der Waals surface area contributed by atoms with Crippen molar-refractivity contribution in [2.45, 2.75) is 20.4 Å². The van der Waals surface area contributed by atoms with Crippen molar-refractivity contribution in [2.75, 3.05) is 0 Å². The Morgan fingerprint density at radius 3 is 2.94 bits per heavy atom. The molecule has 0 bridgehead atoms. The molecule has 0 aliphatic rings. The van der Waals surface area contributed by atoms with E-state index >= 15 is 0 Å². The molecule has 2 aromatic heterocycles. The normalized spacial score (nSPS) is 11.1. The zero-order chi connectivity index (χ0) is 12.4. The van der Waals surface area contributed by atoms with E-state index in [1.165, 1.54) is 0 Å². The van der Waals surface area contributed by atoms with Gasteiger partial charge >= 0.3 is 0 Å². The van der Waals surface area contributed by atoms with Gasteiger partial charge in [0.2, 0.25) is 5.91 Å². The fourth-order valence-corrected chi connectivity index (χ4v) is 1.70. The van der Waals surface area contributed by atoms with Gasteiger partial charge in [-0.1, -0.05) is 31.5 Å². The van der Waals surface area contributed by atoms with Gasteiger partial charge in [-0.2, -0.15) is 0 Å². The Morgan fingerprint density at radius 1 is 1.53 bits per heavy atom. The number of nitrogens with zero attached hydrogens (tertiary/aromatic N) is 2. The molecule has 0 atom stereocenters. The molecule has 0 saturated carbocycles. The Morgan fingerprint density at radius 2 is 2.29 bits per heavy atom. The Kier molecular flexibility index (Phi) is 3.33. The number of imidazole rings is 1. The number of pyridine rings is 1. The largest absolute Gasteiger partial charge is 0.350 e. The minimum absolute atomic E-state index is 0.0179. The lowest BCUT2D eigenvalue weighted by Crippen LogP contribution is -2.27. The first kappa shape index (κ1) is 11.9. The van der Waals surface area contributed by atoms with E-state index < -0.39 is 0 Å². The highest BCUT2D eigenvalue weighted by Gasteiger charge is 2.08. The van der Waals surface area contributed by atoms with E-state index in [4.69, 9.17) is 11.6 Å². The molecule has 0 aliphatic heterocycles. The average molecular weight is 252 g/mol. The minimum atomic E-state index is -0.0179. The highest BCUT2D eigenvalue weighted by Crippen LogP contribution is 2.13. The number of hydrogen-bond acceptors (Lipinski definition) is 2. The Bertz CT molecular complexity index is 548. The summed E-state index contributed by atoms with van der Waals surface area (Å²) in [5, 5.41) is 3.43. The fourth-order valence-electron chi connectivity index (χ4n) is 1.49. The van der Waals surface area contributed by atoms with Gasteiger partial charge in [0.25, 0.3) is 0 Å². The maximum atomic E-state index is 11.4. The molecule has 0 spiro atoms. The lowest BCUT2D eigenvalue weighted by Gasteiger charge is -2.04. The second kappa shape index (κ2) is 4.75. The molecule has 2 heterocycles. The number of aromatic nitrogens is 2. The van der Waals surface area contributed by atoms with Crippen molar-refractivity contribution in [1.29, 1.82) is 0 Å². The van der Waals surface area contributed by atoms with Crippen LogP contribution in [0.3, 0.4) is 0 Å². The Hall–Kier alpha value is -1.55. The summed E-state index contributed by atoms with van der Waals surface area (Å²) < 4.78 is 1.79. The molecule has 5 heteroatoms. The SMILES string of the molecule is CC(C)C(=O)NCc1cn2c(Cl)cccc2n1. The monoisotopic (exact) mass is 251 g/mol. The van der Waals surface area contributed by atoms with E-state index in [1.807, 2.05) is 32.2 Å². The zero-order valence-electron chi connectivity index (χ0n) is 9.77. The first-order valence-corrected chi connectivity index (χ1v) is 5.86. The summed E-state index contributed by atoms with van der Waals surface area (Å²) in [5.41, 5.74) is 1.58. The van der Waals surface area contributed by atoms with Crippen molar-refractivity contribution in [1.82, 2.24) is 14.7 Å². The smallest absolute Gasteiger partial charge is 0.222 e. The molecule has 2 rings (SSSR count). The summed E-state index contributed by atoms with van der Waals surface area (Å²) in [6.45, 7) is 4.14. The van der Waals surface area contributed by atoms with Gasteiger partial charge in [-0.05, 0) is 12.1 Å². The summed E-state index contributed by atoms with van der Waals surface area (Å²) in [7, 11) is 0. The molecule has 2 aromatic rings. The summed E-state index contributed by atoms with van der Waals surface area (Å²) in [5.74, 6) is 0.00349. The first-order valence-electron chi connectivity index (χ1n) is 5.48. The molecule has 1 amide bonds. The van der Waals surface area contributed by atoms with E-state index in [2.05, 4.69) is 10.3 Å². The number of amides is 1. The molecule has 0 unspecified atom stereocenters. The number of nitrogens with one attached hydrogen (secondary N) is 1. The number of carbonyl (C=O) groups is 1. The van der Waals surface area contributed by atoms with Crippen LogP contribution in [0.1, 0.15) is 19.5 Å². The highest BCUT2D eigenvalue weighted by atomic mass is 35.5. The van der Waals surface area contributed by atoms with Crippen molar-refractivity contribution >= 4 is 23.2 Å². The Labute approximate surface area is 105 Å². The van der Waals surface area contributed by atoms with Crippen LogP contribution in [-0.4, -0.2) is 15.3 Å². The van der Waals surface area contributed by atoms with Gasteiger partial charge in [0.15, 0.2) is 0 Å². The fraction of sp³-hybridized carbons (Fsp3) is 0.333. The van der Waals surface area contributed by atoms with E-state index in [0.717, 1.165) is 11.3 Å². The molecular formula is C12H14ClN3O. The van der Waals surface area contributed by atoms with Crippen LogP contribution in [0.25, 0.3) is 5.65 Å². The molecule has 17 heavy (non-hydrogen) atoms. The number of halogens is 1. The highest BCUT2D eigenvalue weighted by molar-refractivity contribution is 6.29. The van der Waals surface area contributed by atoms with Gasteiger partial charge in [-0.25, -0.2) is 4.98 Å². The number of hydrogen-bond donors (Lipinski definition) is 1. The van der Waals surface area contributed by atoms with Crippen LogP contribution < -0.4 is 5.32 Å². The van der Waals surface area contributed by atoms with Gasteiger partial charge in [-0.3, -0.25) is 9.20 Å². The van der Waals surface area contributed by atoms with Crippen LogP contribution in [0.5, 0.6) is 0 Å². The Balaban J connectivity index is 2.15. The third-order valence-electron chi connectivity index (χ3n) is 2.46. The van der Waals surface area contributed by atoms with Crippen LogP contribution in [0.15, 0.2) is 24.4 Å². The van der Waals surface area contributed by atoms with Crippen LogP contribution in [0, 0.1) is 5.92 Å². The standard InChI is InChI=1S/C12H14ClN3O/c1-8(2)12(17)14-6-9-7-16-10(13)4-3-5-11(16)15-9/h3-5,7-8H,6H2,1-2H3,(H,14,17). The van der Waals surface area contributed by atoms with Gasteiger partial charge in [0.1, 0.15) is 10.8 Å². The van der Waals surface area contributed by atoms with Crippen molar-refractivity contribution in [3.05, 3.63) is 35.2 Å². The van der Waals surface area contributed by atoms with E-state index in [0.29, 0.717) is 11.7 Å². The maximum absolute atomic E-state index is 11.4. The lowest BCUT2D eigenvalue weighted by atomic mass is 10.2. The van der Waals surface area contributed by atoms with Gasteiger partial charge in [0, 0.05) is 12.1 Å². The topological polar surface area (TPSA) is 46.4 Å². The third-order valence-corrected chi connectivity index (χ3v) is 2.77. The second-order valence-corrected chi connectivity index (χ2v) is 4.57. The molecule has 90 valence electrons.